The maximum Gasteiger partial charge on any atom is 0.131 e. The number of hydrogen-bond donors (Lipinski definition) is 1. The predicted octanol–water partition coefficient (Wildman–Crippen LogP) is 3.03. The summed E-state index contributed by atoms with van der Waals surface area (Å²) in [7, 11) is 0. The molecule has 0 aliphatic rings. The van der Waals surface area contributed by atoms with Crippen molar-refractivity contribution < 1.29 is 4.74 Å². The van der Waals surface area contributed by atoms with Crippen LogP contribution in [0.15, 0.2) is 10.7 Å². The highest BCUT2D eigenvalue weighted by Crippen LogP contribution is 2.12. The van der Waals surface area contributed by atoms with Crippen LogP contribution in [0.2, 0.25) is 0 Å². The molecule has 0 saturated carbocycles. The van der Waals surface area contributed by atoms with Gasteiger partial charge < -0.3 is 10.1 Å². The SMILES string of the molecule is CCCCOCCNc1cc(Br)nc(CC)n1. The second kappa shape index (κ2) is 8.42. The van der Waals surface area contributed by atoms with Crippen molar-refractivity contribution in [1.29, 1.82) is 0 Å². The van der Waals surface area contributed by atoms with Crippen LogP contribution in [0.3, 0.4) is 0 Å². The van der Waals surface area contributed by atoms with Crippen LogP contribution < -0.4 is 5.32 Å². The van der Waals surface area contributed by atoms with E-state index >= 15 is 0 Å². The van der Waals surface area contributed by atoms with Crippen LogP contribution in [0.5, 0.6) is 0 Å². The van der Waals surface area contributed by atoms with E-state index in [1.165, 1.54) is 6.42 Å². The van der Waals surface area contributed by atoms with Gasteiger partial charge in [-0.3, -0.25) is 0 Å². The van der Waals surface area contributed by atoms with E-state index in [1.807, 2.05) is 13.0 Å². The fourth-order valence-electron chi connectivity index (χ4n) is 1.31. The van der Waals surface area contributed by atoms with Crippen molar-refractivity contribution in [3.63, 3.8) is 0 Å². The number of ether oxygens (including phenoxy) is 1. The Morgan fingerprint density at radius 2 is 2.12 bits per heavy atom. The minimum atomic E-state index is 0.711. The first kappa shape index (κ1) is 14.4. The smallest absolute Gasteiger partial charge is 0.131 e. The second-order valence-corrected chi connectivity index (χ2v) is 4.55. The molecule has 1 rings (SSSR count). The fourth-order valence-corrected chi connectivity index (χ4v) is 1.73. The fraction of sp³-hybridized carbons (Fsp3) is 0.667. The molecule has 5 heteroatoms. The first-order valence-corrected chi connectivity index (χ1v) is 6.90. The lowest BCUT2D eigenvalue weighted by molar-refractivity contribution is 0.141. The number of anilines is 1. The van der Waals surface area contributed by atoms with Gasteiger partial charge in [-0.05, 0) is 22.4 Å². The number of nitrogens with zero attached hydrogens (tertiary/aromatic N) is 2. The normalized spacial score (nSPS) is 10.5. The summed E-state index contributed by atoms with van der Waals surface area (Å²) in [4.78, 5) is 8.63. The first-order chi connectivity index (χ1) is 8.26. The third kappa shape index (κ3) is 5.98. The molecule has 0 fully saturated rings. The highest BCUT2D eigenvalue weighted by atomic mass is 79.9. The van der Waals surface area contributed by atoms with E-state index in [-0.39, 0.29) is 0 Å². The Morgan fingerprint density at radius 1 is 1.29 bits per heavy atom. The molecule has 0 atom stereocenters. The van der Waals surface area contributed by atoms with E-state index in [0.29, 0.717) is 6.61 Å². The molecule has 17 heavy (non-hydrogen) atoms. The monoisotopic (exact) mass is 301 g/mol. The van der Waals surface area contributed by atoms with E-state index in [4.69, 9.17) is 4.74 Å². The van der Waals surface area contributed by atoms with Crippen molar-refractivity contribution in [1.82, 2.24) is 9.97 Å². The van der Waals surface area contributed by atoms with E-state index in [0.717, 1.165) is 42.2 Å². The molecule has 0 spiro atoms. The Morgan fingerprint density at radius 3 is 2.82 bits per heavy atom. The van der Waals surface area contributed by atoms with Gasteiger partial charge in [0, 0.05) is 25.6 Å². The van der Waals surface area contributed by atoms with Gasteiger partial charge in [0.05, 0.1) is 6.61 Å². The molecular formula is C12H20BrN3O. The van der Waals surface area contributed by atoms with Gasteiger partial charge >= 0.3 is 0 Å². The standard InChI is InChI=1S/C12H20BrN3O/c1-3-5-7-17-8-6-14-12-9-10(13)15-11(4-2)16-12/h9H,3-8H2,1-2H3,(H,14,15,16). The Hall–Kier alpha value is -0.680. The zero-order chi connectivity index (χ0) is 12.5. The zero-order valence-electron chi connectivity index (χ0n) is 10.5. The number of nitrogens with one attached hydrogen (secondary N) is 1. The Labute approximate surface area is 111 Å². The number of aryl methyl sites for hydroxylation is 1. The maximum atomic E-state index is 5.46. The summed E-state index contributed by atoms with van der Waals surface area (Å²) in [5.41, 5.74) is 0. The summed E-state index contributed by atoms with van der Waals surface area (Å²) in [5, 5.41) is 3.23. The number of rotatable bonds is 8. The van der Waals surface area contributed by atoms with Crippen molar-refractivity contribution in [2.24, 2.45) is 0 Å². The Bertz CT molecular complexity index is 334. The average molecular weight is 302 g/mol. The lowest BCUT2D eigenvalue weighted by Gasteiger charge is -2.07. The van der Waals surface area contributed by atoms with Gasteiger partial charge in [0.2, 0.25) is 0 Å². The van der Waals surface area contributed by atoms with Crippen LogP contribution >= 0.6 is 15.9 Å². The molecule has 0 bridgehead atoms. The van der Waals surface area contributed by atoms with Gasteiger partial charge in [-0.2, -0.15) is 0 Å². The van der Waals surface area contributed by atoms with Crippen molar-refractivity contribution in [3.05, 3.63) is 16.5 Å². The van der Waals surface area contributed by atoms with E-state index < -0.39 is 0 Å². The summed E-state index contributed by atoms with van der Waals surface area (Å²) in [5.74, 6) is 1.69. The van der Waals surface area contributed by atoms with Gasteiger partial charge in [0.1, 0.15) is 16.2 Å². The molecule has 1 aromatic rings. The van der Waals surface area contributed by atoms with Gasteiger partial charge in [-0.25, -0.2) is 9.97 Å². The van der Waals surface area contributed by atoms with Gasteiger partial charge in [0.15, 0.2) is 0 Å². The molecule has 4 nitrogen and oxygen atoms in total. The van der Waals surface area contributed by atoms with Crippen LogP contribution in [0.25, 0.3) is 0 Å². The predicted molar refractivity (Wildman–Crippen MR) is 73.3 cm³/mol. The summed E-state index contributed by atoms with van der Waals surface area (Å²) in [6.45, 7) is 6.52. The largest absolute Gasteiger partial charge is 0.380 e. The van der Waals surface area contributed by atoms with Crippen LogP contribution in [-0.2, 0) is 11.2 Å². The van der Waals surface area contributed by atoms with E-state index in [1.54, 1.807) is 0 Å². The first-order valence-electron chi connectivity index (χ1n) is 6.11. The van der Waals surface area contributed by atoms with Crippen molar-refractivity contribution in [2.45, 2.75) is 33.1 Å². The molecule has 0 aromatic carbocycles. The molecule has 0 aliphatic carbocycles. The molecule has 0 unspecified atom stereocenters. The number of halogens is 1. The van der Waals surface area contributed by atoms with Crippen LogP contribution in [-0.4, -0.2) is 29.7 Å². The summed E-state index contributed by atoms with van der Waals surface area (Å²) >= 11 is 3.37. The quantitative estimate of drug-likeness (QED) is 0.592. The highest BCUT2D eigenvalue weighted by molar-refractivity contribution is 9.10. The van der Waals surface area contributed by atoms with E-state index in [2.05, 4.69) is 38.1 Å². The van der Waals surface area contributed by atoms with Gasteiger partial charge in [-0.15, -0.1) is 0 Å². The maximum absolute atomic E-state index is 5.46. The molecule has 1 N–H and O–H groups in total. The number of unbranched alkanes of at least 4 members (excludes halogenated alkanes) is 1. The topological polar surface area (TPSA) is 47.0 Å². The highest BCUT2D eigenvalue weighted by Gasteiger charge is 2.00. The summed E-state index contributed by atoms with van der Waals surface area (Å²) in [6.07, 6.45) is 3.13. The third-order valence-electron chi connectivity index (χ3n) is 2.25. The molecule has 1 heterocycles. The molecule has 0 saturated heterocycles. The molecule has 0 aliphatic heterocycles. The lowest BCUT2D eigenvalue weighted by atomic mass is 10.4. The summed E-state index contributed by atoms with van der Waals surface area (Å²) < 4.78 is 6.28. The number of hydrogen-bond acceptors (Lipinski definition) is 4. The van der Waals surface area contributed by atoms with Crippen LogP contribution in [0.1, 0.15) is 32.5 Å². The van der Waals surface area contributed by atoms with Crippen molar-refractivity contribution in [3.8, 4) is 0 Å². The third-order valence-corrected chi connectivity index (χ3v) is 2.66. The summed E-state index contributed by atoms with van der Waals surface area (Å²) in [6, 6.07) is 1.88. The molecule has 0 amide bonds. The minimum Gasteiger partial charge on any atom is -0.380 e. The molecular weight excluding hydrogens is 282 g/mol. The average Bonchev–Trinajstić information content (AvgIpc) is 2.33. The molecule has 96 valence electrons. The Kier molecular flexibility index (Phi) is 7.12. The minimum absolute atomic E-state index is 0.711. The van der Waals surface area contributed by atoms with Gasteiger partial charge in [0.25, 0.3) is 0 Å². The van der Waals surface area contributed by atoms with Crippen LogP contribution in [0, 0.1) is 0 Å². The molecule has 0 radical (unpaired) electrons. The van der Waals surface area contributed by atoms with Gasteiger partial charge in [-0.1, -0.05) is 20.3 Å². The van der Waals surface area contributed by atoms with Crippen LogP contribution in [0.4, 0.5) is 5.82 Å². The number of aromatic nitrogens is 2. The zero-order valence-corrected chi connectivity index (χ0v) is 12.1. The van der Waals surface area contributed by atoms with Crippen molar-refractivity contribution in [2.75, 3.05) is 25.1 Å². The van der Waals surface area contributed by atoms with E-state index in [9.17, 15) is 0 Å². The lowest BCUT2D eigenvalue weighted by Crippen LogP contribution is -2.11. The van der Waals surface area contributed by atoms with Crippen molar-refractivity contribution >= 4 is 21.7 Å². The second-order valence-electron chi connectivity index (χ2n) is 3.74. The Balaban J connectivity index is 2.28. The molecule has 1 aromatic heterocycles.